The first kappa shape index (κ1) is 8.19. The lowest BCUT2D eigenvalue weighted by atomic mass is 9.39. The highest BCUT2D eigenvalue weighted by Crippen LogP contribution is 2.83. The summed E-state index contributed by atoms with van der Waals surface area (Å²) >= 11 is 2.38. The zero-order chi connectivity index (χ0) is 10.00. The molecule has 0 aromatic heterocycles. The molecule has 3 aliphatic heterocycles. The molecule has 7 atom stereocenters. The Kier molecular flexibility index (Phi) is 1.06. The minimum absolute atomic E-state index is 0.528. The molecule has 1 nitrogen and oxygen atoms in total. The van der Waals surface area contributed by atoms with Crippen molar-refractivity contribution in [2.24, 2.45) is 11.8 Å². The second kappa shape index (κ2) is 1.95. The topological polar surface area (TPSA) is 3.24 Å². The maximum Gasteiger partial charge on any atom is 0.0493 e. The summed E-state index contributed by atoms with van der Waals surface area (Å²) in [6.45, 7) is 4.96. The van der Waals surface area contributed by atoms with Gasteiger partial charge in [0.15, 0.2) is 0 Å². The van der Waals surface area contributed by atoms with E-state index < -0.39 is 0 Å². The molecule has 1 saturated carbocycles. The van der Waals surface area contributed by atoms with Crippen LogP contribution in [-0.4, -0.2) is 32.5 Å². The van der Waals surface area contributed by atoms with Crippen molar-refractivity contribution in [3.8, 4) is 0 Å². The maximum atomic E-state index is 2.84. The van der Waals surface area contributed by atoms with Crippen molar-refractivity contribution in [2.45, 2.75) is 54.3 Å². The Balaban J connectivity index is 1.77. The van der Waals surface area contributed by atoms with Crippen molar-refractivity contribution >= 4 is 11.8 Å². The van der Waals surface area contributed by atoms with Crippen LogP contribution in [-0.2, 0) is 0 Å². The van der Waals surface area contributed by atoms with E-state index in [1.807, 2.05) is 0 Å². The van der Waals surface area contributed by atoms with Crippen LogP contribution in [0, 0.1) is 11.8 Å². The van der Waals surface area contributed by atoms with Crippen molar-refractivity contribution < 1.29 is 0 Å². The van der Waals surface area contributed by atoms with Crippen LogP contribution in [0.4, 0.5) is 0 Å². The molecule has 80 valence electrons. The molecule has 0 aromatic rings. The Morgan fingerprint density at radius 1 is 1.40 bits per heavy atom. The molecule has 0 radical (unpaired) electrons. The largest absolute Gasteiger partial charge is 0.285 e. The normalized spacial score (nSPS) is 72.5. The first-order valence-electron chi connectivity index (χ1n) is 6.37. The minimum atomic E-state index is 0.528. The molecule has 4 fully saturated rings. The van der Waals surface area contributed by atoms with Gasteiger partial charge in [-0.15, -0.1) is 11.8 Å². The molecule has 3 saturated heterocycles. The van der Waals surface area contributed by atoms with Crippen LogP contribution in [0.3, 0.4) is 0 Å². The predicted molar refractivity (Wildman–Crippen MR) is 63.0 cm³/mol. The van der Waals surface area contributed by atoms with Gasteiger partial charge in [0.1, 0.15) is 0 Å². The molecule has 2 heteroatoms. The standard InChI is InChI=1S/C13H17NS/c1-7-10-9-11-12(14(7)9)5-3-4-6-13(11,15-10)8(12)2/h3,5,7-11H,4,6H2,1-2H3. The summed E-state index contributed by atoms with van der Waals surface area (Å²) in [5.74, 6) is 1.94. The number of thioether (sulfide) groups is 1. The Morgan fingerprint density at radius 2 is 2.27 bits per heavy atom. The third-order valence-electron chi connectivity index (χ3n) is 6.25. The van der Waals surface area contributed by atoms with Crippen LogP contribution in [0.15, 0.2) is 12.2 Å². The molecular weight excluding hydrogens is 202 g/mol. The molecule has 7 unspecified atom stereocenters. The lowest BCUT2D eigenvalue weighted by Gasteiger charge is -2.81. The Bertz CT molecular complexity index is 405. The van der Waals surface area contributed by atoms with Gasteiger partial charge in [-0.25, -0.2) is 0 Å². The predicted octanol–water partition coefficient (Wildman–Crippen LogP) is 2.28. The number of hydrogen-bond acceptors (Lipinski definition) is 2. The molecule has 2 spiro atoms. The molecule has 0 amide bonds. The van der Waals surface area contributed by atoms with E-state index in [2.05, 4.69) is 42.7 Å². The molecule has 5 rings (SSSR count). The fourth-order valence-corrected chi connectivity index (χ4v) is 8.13. The van der Waals surface area contributed by atoms with E-state index in [4.69, 9.17) is 0 Å². The quantitative estimate of drug-likeness (QED) is 0.575. The zero-order valence-electron chi connectivity index (χ0n) is 9.31. The zero-order valence-corrected chi connectivity index (χ0v) is 10.1. The van der Waals surface area contributed by atoms with Crippen molar-refractivity contribution in [3.05, 3.63) is 12.2 Å². The highest BCUT2D eigenvalue weighted by molar-refractivity contribution is 8.01. The van der Waals surface area contributed by atoms with E-state index in [-0.39, 0.29) is 0 Å². The fourth-order valence-electron chi connectivity index (χ4n) is 5.77. The molecule has 0 N–H and O–H groups in total. The van der Waals surface area contributed by atoms with Gasteiger partial charge in [0.25, 0.3) is 0 Å². The van der Waals surface area contributed by atoms with Gasteiger partial charge in [-0.3, -0.25) is 4.90 Å². The van der Waals surface area contributed by atoms with Crippen molar-refractivity contribution in [2.75, 3.05) is 0 Å². The van der Waals surface area contributed by atoms with Crippen LogP contribution in [0.5, 0.6) is 0 Å². The molecule has 2 aliphatic carbocycles. The summed E-state index contributed by atoms with van der Waals surface area (Å²) in [6.07, 6.45) is 7.84. The third kappa shape index (κ3) is 0.497. The molecule has 5 aliphatic rings. The van der Waals surface area contributed by atoms with Gasteiger partial charge >= 0.3 is 0 Å². The second-order valence-corrected chi connectivity index (χ2v) is 7.74. The number of rotatable bonds is 0. The first-order valence-corrected chi connectivity index (χ1v) is 7.25. The van der Waals surface area contributed by atoms with Gasteiger partial charge in [-0.1, -0.05) is 19.1 Å². The Labute approximate surface area is 95.3 Å². The molecule has 3 heterocycles. The van der Waals surface area contributed by atoms with Gasteiger partial charge in [0.2, 0.25) is 0 Å². The summed E-state index contributed by atoms with van der Waals surface area (Å²) < 4.78 is 0.695. The van der Waals surface area contributed by atoms with Crippen LogP contribution < -0.4 is 0 Å². The smallest absolute Gasteiger partial charge is 0.0493 e. The third-order valence-corrected chi connectivity index (χ3v) is 8.45. The lowest BCUT2D eigenvalue weighted by Crippen LogP contribution is -2.93. The van der Waals surface area contributed by atoms with Crippen LogP contribution >= 0.6 is 11.8 Å². The highest BCUT2D eigenvalue weighted by atomic mass is 32.2. The number of hydrogen-bond donors (Lipinski definition) is 0. The van der Waals surface area contributed by atoms with E-state index in [0.29, 0.717) is 10.3 Å². The van der Waals surface area contributed by atoms with Gasteiger partial charge in [0, 0.05) is 33.5 Å². The van der Waals surface area contributed by atoms with Crippen LogP contribution in [0.1, 0.15) is 26.7 Å². The average Bonchev–Trinajstić information content (AvgIpc) is 2.46. The fraction of sp³-hybridized carbons (Fsp3) is 0.846. The first-order chi connectivity index (χ1) is 7.23. The van der Waals surface area contributed by atoms with E-state index in [9.17, 15) is 0 Å². The summed E-state index contributed by atoms with van der Waals surface area (Å²) in [5.41, 5.74) is 0.528. The van der Waals surface area contributed by atoms with E-state index in [1.54, 1.807) is 0 Å². The second-order valence-electron chi connectivity index (χ2n) is 6.20. The van der Waals surface area contributed by atoms with E-state index >= 15 is 0 Å². The van der Waals surface area contributed by atoms with Crippen molar-refractivity contribution in [1.82, 2.24) is 4.90 Å². The van der Waals surface area contributed by atoms with Crippen LogP contribution in [0.25, 0.3) is 0 Å². The van der Waals surface area contributed by atoms with Crippen molar-refractivity contribution in [1.29, 1.82) is 0 Å². The average molecular weight is 219 g/mol. The Morgan fingerprint density at radius 3 is 3.13 bits per heavy atom. The molecular formula is C13H17NS. The SMILES string of the molecule is CC1C2SC34CCC=CC5(C3C)C4C2N15. The Hall–Kier alpha value is 0.0500. The van der Waals surface area contributed by atoms with Gasteiger partial charge in [-0.05, 0) is 25.7 Å². The van der Waals surface area contributed by atoms with E-state index in [1.165, 1.54) is 12.8 Å². The maximum absolute atomic E-state index is 2.84. The minimum Gasteiger partial charge on any atom is -0.285 e. The summed E-state index contributed by atoms with van der Waals surface area (Å²) in [4.78, 5) is 2.84. The molecule has 0 aromatic carbocycles. The molecule has 15 heavy (non-hydrogen) atoms. The summed E-state index contributed by atoms with van der Waals surface area (Å²) in [6, 6.07) is 1.83. The number of piperidine rings is 2. The van der Waals surface area contributed by atoms with Gasteiger partial charge in [-0.2, -0.15) is 0 Å². The number of allylic oxidation sites excluding steroid dienone is 1. The van der Waals surface area contributed by atoms with Crippen LogP contribution in [0.2, 0.25) is 0 Å². The van der Waals surface area contributed by atoms with Gasteiger partial charge in [0.05, 0.1) is 0 Å². The van der Waals surface area contributed by atoms with E-state index in [0.717, 1.165) is 29.2 Å². The molecule has 2 bridgehead atoms. The summed E-state index contributed by atoms with van der Waals surface area (Å²) in [7, 11) is 0. The lowest BCUT2D eigenvalue weighted by molar-refractivity contribution is -0.283. The summed E-state index contributed by atoms with van der Waals surface area (Å²) in [5, 5.41) is 0.986. The number of nitrogens with zero attached hydrogens (tertiary/aromatic N) is 1. The highest BCUT2D eigenvalue weighted by Gasteiger charge is 2.89. The van der Waals surface area contributed by atoms with Crippen molar-refractivity contribution in [3.63, 3.8) is 0 Å². The monoisotopic (exact) mass is 219 g/mol. The van der Waals surface area contributed by atoms with Gasteiger partial charge < -0.3 is 0 Å².